The van der Waals surface area contributed by atoms with Crippen molar-refractivity contribution in [2.24, 2.45) is 0 Å². The molecule has 1 aromatic carbocycles. The summed E-state index contributed by atoms with van der Waals surface area (Å²) in [5.74, 6) is 0.849. The molecule has 2 nitrogen and oxygen atoms in total. The molecule has 1 atom stereocenters. The van der Waals surface area contributed by atoms with Crippen LogP contribution < -0.4 is 4.74 Å². The molecule has 16 heavy (non-hydrogen) atoms. The molecule has 88 valence electrons. The predicted octanol–water partition coefficient (Wildman–Crippen LogP) is 3.71. The van der Waals surface area contributed by atoms with Gasteiger partial charge in [-0.05, 0) is 56.5 Å². The van der Waals surface area contributed by atoms with Crippen LogP contribution in [0.25, 0.3) is 6.08 Å². The SMILES string of the molecule is C=Cc1c(C)cc(OC(C)OCC)cc1C. The van der Waals surface area contributed by atoms with Crippen molar-refractivity contribution in [1.82, 2.24) is 0 Å². The van der Waals surface area contributed by atoms with Crippen LogP contribution in [0.5, 0.6) is 5.75 Å². The van der Waals surface area contributed by atoms with Crippen molar-refractivity contribution in [3.8, 4) is 5.75 Å². The largest absolute Gasteiger partial charge is 0.465 e. The highest BCUT2D eigenvalue weighted by atomic mass is 16.7. The lowest BCUT2D eigenvalue weighted by Gasteiger charge is -2.16. The Balaban J connectivity index is 2.87. The van der Waals surface area contributed by atoms with E-state index < -0.39 is 0 Å². The Labute approximate surface area is 97.9 Å². The molecule has 0 bridgehead atoms. The minimum Gasteiger partial charge on any atom is -0.465 e. The van der Waals surface area contributed by atoms with E-state index in [9.17, 15) is 0 Å². The Morgan fingerprint density at radius 2 is 1.88 bits per heavy atom. The molecule has 0 saturated carbocycles. The van der Waals surface area contributed by atoms with E-state index in [1.54, 1.807) is 0 Å². The van der Waals surface area contributed by atoms with Gasteiger partial charge in [0.2, 0.25) is 0 Å². The normalized spacial score (nSPS) is 12.2. The molecule has 0 radical (unpaired) electrons. The smallest absolute Gasteiger partial charge is 0.196 e. The summed E-state index contributed by atoms with van der Waals surface area (Å²) in [4.78, 5) is 0. The molecule has 0 aromatic heterocycles. The first-order valence-electron chi connectivity index (χ1n) is 5.60. The van der Waals surface area contributed by atoms with E-state index in [2.05, 4.69) is 20.4 Å². The number of rotatable bonds is 5. The predicted molar refractivity (Wildman–Crippen MR) is 67.7 cm³/mol. The topological polar surface area (TPSA) is 18.5 Å². The zero-order chi connectivity index (χ0) is 12.1. The second-order valence-electron chi connectivity index (χ2n) is 3.82. The van der Waals surface area contributed by atoms with E-state index in [4.69, 9.17) is 9.47 Å². The molecule has 0 aliphatic heterocycles. The second-order valence-corrected chi connectivity index (χ2v) is 3.82. The number of ether oxygens (including phenoxy) is 2. The van der Waals surface area contributed by atoms with Crippen LogP contribution >= 0.6 is 0 Å². The van der Waals surface area contributed by atoms with Crippen molar-refractivity contribution in [2.45, 2.75) is 34.0 Å². The Morgan fingerprint density at radius 1 is 1.31 bits per heavy atom. The first kappa shape index (κ1) is 12.8. The first-order chi connectivity index (χ1) is 7.58. The Morgan fingerprint density at radius 3 is 2.31 bits per heavy atom. The zero-order valence-electron chi connectivity index (χ0n) is 10.5. The summed E-state index contributed by atoms with van der Waals surface area (Å²) in [5, 5.41) is 0. The van der Waals surface area contributed by atoms with Crippen LogP contribution in [0.2, 0.25) is 0 Å². The fourth-order valence-electron chi connectivity index (χ4n) is 1.79. The highest BCUT2D eigenvalue weighted by molar-refractivity contribution is 5.58. The molecule has 1 unspecified atom stereocenters. The van der Waals surface area contributed by atoms with E-state index in [1.807, 2.05) is 32.1 Å². The molecule has 0 aliphatic rings. The number of hydrogen-bond donors (Lipinski definition) is 0. The van der Waals surface area contributed by atoms with Crippen LogP contribution in [0, 0.1) is 13.8 Å². The number of aryl methyl sites for hydroxylation is 2. The maximum atomic E-state index is 5.66. The zero-order valence-corrected chi connectivity index (χ0v) is 10.5. The second kappa shape index (κ2) is 5.71. The van der Waals surface area contributed by atoms with Crippen molar-refractivity contribution in [2.75, 3.05) is 6.61 Å². The van der Waals surface area contributed by atoms with Gasteiger partial charge >= 0.3 is 0 Å². The van der Waals surface area contributed by atoms with Gasteiger partial charge in [0.1, 0.15) is 5.75 Å². The Kier molecular flexibility index (Phi) is 4.56. The summed E-state index contributed by atoms with van der Waals surface area (Å²) < 4.78 is 11.0. The van der Waals surface area contributed by atoms with E-state index in [1.165, 1.54) is 16.7 Å². The fraction of sp³-hybridized carbons (Fsp3) is 0.429. The van der Waals surface area contributed by atoms with Crippen LogP contribution in [0.15, 0.2) is 18.7 Å². The fourth-order valence-corrected chi connectivity index (χ4v) is 1.79. The summed E-state index contributed by atoms with van der Waals surface area (Å²) in [6, 6.07) is 4.03. The summed E-state index contributed by atoms with van der Waals surface area (Å²) in [6.07, 6.45) is 1.67. The molecule has 0 aliphatic carbocycles. The minimum atomic E-state index is -0.210. The van der Waals surface area contributed by atoms with Gasteiger partial charge in [-0.3, -0.25) is 0 Å². The third-order valence-corrected chi connectivity index (χ3v) is 2.47. The molecule has 0 spiro atoms. The first-order valence-corrected chi connectivity index (χ1v) is 5.60. The standard InChI is InChI=1S/C14H20O2/c1-6-14-10(3)8-13(9-11(14)4)16-12(5)15-7-2/h6,8-9,12H,1,7H2,2-5H3. The third kappa shape index (κ3) is 3.11. The molecule has 0 fully saturated rings. The van der Waals surface area contributed by atoms with Crippen molar-refractivity contribution >= 4 is 6.08 Å². The van der Waals surface area contributed by atoms with Gasteiger partial charge in [-0.1, -0.05) is 12.7 Å². The van der Waals surface area contributed by atoms with Crippen LogP contribution in [0.4, 0.5) is 0 Å². The van der Waals surface area contributed by atoms with Crippen LogP contribution in [-0.2, 0) is 4.74 Å². The summed E-state index contributed by atoms with van der Waals surface area (Å²) in [7, 11) is 0. The van der Waals surface area contributed by atoms with E-state index in [0.717, 1.165) is 5.75 Å². The summed E-state index contributed by atoms with van der Waals surface area (Å²) in [6.45, 7) is 12.4. The highest BCUT2D eigenvalue weighted by Crippen LogP contribution is 2.23. The average molecular weight is 220 g/mol. The summed E-state index contributed by atoms with van der Waals surface area (Å²) in [5.41, 5.74) is 3.53. The molecule has 0 amide bonds. The number of benzene rings is 1. The maximum Gasteiger partial charge on any atom is 0.196 e. The van der Waals surface area contributed by atoms with Gasteiger partial charge in [-0.15, -0.1) is 0 Å². The Hall–Kier alpha value is -1.28. The van der Waals surface area contributed by atoms with Crippen molar-refractivity contribution in [3.05, 3.63) is 35.4 Å². The van der Waals surface area contributed by atoms with Gasteiger partial charge in [-0.2, -0.15) is 0 Å². The lowest BCUT2D eigenvalue weighted by atomic mass is 10.0. The molecule has 1 aromatic rings. The van der Waals surface area contributed by atoms with Gasteiger partial charge < -0.3 is 9.47 Å². The maximum absolute atomic E-state index is 5.66. The molecule has 2 heteroatoms. The third-order valence-electron chi connectivity index (χ3n) is 2.47. The van der Waals surface area contributed by atoms with Crippen LogP contribution in [0.1, 0.15) is 30.5 Å². The van der Waals surface area contributed by atoms with Gasteiger partial charge in [0.25, 0.3) is 0 Å². The van der Waals surface area contributed by atoms with Gasteiger partial charge in [0.15, 0.2) is 6.29 Å². The highest BCUT2D eigenvalue weighted by Gasteiger charge is 2.06. The van der Waals surface area contributed by atoms with Gasteiger partial charge in [0.05, 0.1) is 0 Å². The van der Waals surface area contributed by atoms with Crippen molar-refractivity contribution < 1.29 is 9.47 Å². The van der Waals surface area contributed by atoms with Gasteiger partial charge in [0, 0.05) is 6.61 Å². The quantitative estimate of drug-likeness (QED) is 0.704. The molecular formula is C14H20O2. The molecule has 1 rings (SSSR count). The molecular weight excluding hydrogens is 200 g/mol. The van der Waals surface area contributed by atoms with Crippen LogP contribution in [0.3, 0.4) is 0 Å². The molecule has 0 heterocycles. The van der Waals surface area contributed by atoms with E-state index in [0.29, 0.717) is 6.61 Å². The minimum absolute atomic E-state index is 0.210. The monoisotopic (exact) mass is 220 g/mol. The molecule has 0 N–H and O–H groups in total. The Bertz CT molecular complexity index is 346. The van der Waals surface area contributed by atoms with E-state index in [-0.39, 0.29) is 6.29 Å². The van der Waals surface area contributed by atoms with Crippen LogP contribution in [-0.4, -0.2) is 12.9 Å². The number of hydrogen-bond acceptors (Lipinski definition) is 2. The summed E-state index contributed by atoms with van der Waals surface area (Å²) >= 11 is 0. The average Bonchev–Trinajstić information content (AvgIpc) is 2.17. The molecule has 0 saturated heterocycles. The van der Waals surface area contributed by atoms with Gasteiger partial charge in [-0.25, -0.2) is 0 Å². The van der Waals surface area contributed by atoms with Crippen molar-refractivity contribution in [1.29, 1.82) is 0 Å². The lowest BCUT2D eigenvalue weighted by molar-refractivity contribution is -0.0613. The van der Waals surface area contributed by atoms with Crippen molar-refractivity contribution in [3.63, 3.8) is 0 Å². The lowest BCUT2D eigenvalue weighted by Crippen LogP contribution is -2.16. The van der Waals surface area contributed by atoms with E-state index >= 15 is 0 Å².